The summed E-state index contributed by atoms with van der Waals surface area (Å²) < 4.78 is 6.34. The molecule has 0 radical (unpaired) electrons. The average Bonchev–Trinajstić information content (AvgIpc) is 2.68. The Bertz CT molecular complexity index is 593. The zero-order chi connectivity index (χ0) is 13.8. The molecule has 0 aliphatic rings. The SMILES string of the molecule is Cc1nc(C)c(CCNC(=O)c2cccc(Br)c2)o1. The van der Waals surface area contributed by atoms with E-state index in [0.717, 1.165) is 15.9 Å². The minimum atomic E-state index is -0.0878. The Kier molecular flexibility index (Phi) is 4.37. The fourth-order valence-electron chi connectivity index (χ4n) is 1.83. The van der Waals surface area contributed by atoms with Crippen molar-refractivity contribution < 1.29 is 9.21 Å². The van der Waals surface area contributed by atoms with Gasteiger partial charge in [-0.2, -0.15) is 0 Å². The molecule has 1 aromatic carbocycles. The number of aromatic nitrogens is 1. The van der Waals surface area contributed by atoms with E-state index in [1.807, 2.05) is 26.0 Å². The molecule has 100 valence electrons. The van der Waals surface area contributed by atoms with Gasteiger partial charge in [-0.1, -0.05) is 22.0 Å². The molecule has 4 nitrogen and oxygen atoms in total. The van der Waals surface area contributed by atoms with Crippen molar-refractivity contribution in [2.24, 2.45) is 0 Å². The van der Waals surface area contributed by atoms with Gasteiger partial charge < -0.3 is 9.73 Å². The van der Waals surface area contributed by atoms with Gasteiger partial charge in [-0.25, -0.2) is 4.98 Å². The van der Waals surface area contributed by atoms with Gasteiger partial charge in [0.1, 0.15) is 5.76 Å². The maximum Gasteiger partial charge on any atom is 0.251 e. The number of nitrogens with one attached hydrogen (secondary N) is 1. The minimum Gasteiger partial charge on any atom is -0.446 e. The third kappa shape index (κ3) is 3.67. The van der Waals surface area contributed by atoms with Crippen LogP contribution < -0.4 is 5.32 Å². The molecule has 1 aromatic heterocycles. The van der Waals surface area contributed by atoms with Crippen molar-refractivity contribution in [1.29, 1.82) is 0 Å². The van der Waals surface area contributed by atoms with E-state index in [1.54, 1.807) is 12.1 Å². The van der Waals surface area contributed by atoms with Crippen molar-refractivity contribution in [3.05, 3.63) is 51.6 Å². The number of amides is 1. The van der Waals surface area contributed by atoms with E-state index in [2.05, 4.69) is 26.2 Å². The largest absolute Gasteiger partial charge is 0.446 e. The Morgan fingerprint density at radius 1 is 1.42 bits per heavy atom. The number of benzene rings is 1. The van der Waals surface area contributed by atoms with E-state index in [0.29, 0.717) is 24.4 Å². The van der Waals surface area contributed by atoms with Crippen molar-refractivity contribution >= 4 is 21.8 Å². The van der Waals surface area contributed by atoms with Crippen LogP contribution in [0.2, 0.25) is 0 Å². The van der Waals surface area contributed by atoms with E-state index in [4.69, 9.17) is 4.42 Å². The highest BCUT2D eigenvalue weighted by Gasteiger charge is 2.08. The predicted octanol–water partition coefficient (Wildman–Crippen LogP) is 3.03. The second-order valence-corrected chi connectivity index (χ2v) is 5.17. The van der Waals surface area contributed by atoms with E-state index in [9.17, 15) is 4.79 Å². The van der Waals surface area contributed by atoms with Crippen LogP contribution in [-0.2, 0) is 6.42 Å². The highest BCUT2D eigenvalue weighted by Crippen LogP contribution is 2.12. The molecular formula is C14H15BrN2O2. The van der Waals surface area contributed by atoms with Crippen LogP contribution in [-0.4, -0.2) is 17.4 Å². The Labute approximate surface area is 120 Å². The quantitative estimate of drug-likeness (QED) is 0.941. The number of oxazole rings is 1. The first kappa shape index (κ1) is 13.8. The van der Waals surface area contributed by atoms with Crippen molar-refractivity contribution in [2.45, 2.75) is 20.3 Å². The summed E-state index contributed by atoms with van der Waals surface area (Å²) in [7, 11) is 0. The van der Waals surface area contributed by atoms with Gasteiger partial charge in [0.05, 0.1) is 5.69 Å². The molecule has 1 heterocycles. The predicted molar refractivity (Wildman–Crippen MR) is 76.2 cm³/mol. The summed E-state index contributed by atoms with van der Waals surface area (Å²) in [5.74, 6) is 1.40. The summed E-state index contributed by atoms with van der Waals surface area (Å²) in [6.07, 6.45) is 0.645. The zero-order valence-corrected chi connectivity index (χ0v) is 12.5. The lowest BCUT2D eigenvalue weighted by atomic mass is 10.2. The average molecular weight is 323 g/mol. The maximum atomic E-state index is 11.9. The lowest BCUT2D eigenvalue weighted by Crippen LogP contribution is -2.25. The molecule has 1 N–H and O–H groups in total. The van der Waals surface area contributed by atoms with Crippen LogP contribution in [0.3, 0.4) is 0 Å². The van der Waals surface area contributed by atoms with Gasteiger partial charge in [0.2, 0.25) is 0 Å². The fraction of sp³-hybridized carbons (Fsp3) is 0.286. The van der Waals surface area contributed by atoms with E-state index in [1.165, 1.54) is 0 Å². The number of halogens is 1. The summed E-state index contributed by atoms with van der Waals surface area (Å²) in [6, 6.07) is 7.30. The number of carbonyl (C=O) groups excluding carboxylic acids is 1. The van der Waals surface area contributed by atoms with Crippen LogP contribution >= 0.6 is 15.9 Å². The normalized spacial score (nSPS) is 10.5. The molecular weight excluding hydrogens is 308 g/mol. The van der Waals surface area contributed by atoms with Crippen molar-refractivity contribution in [3.63, 3.8) is 0 Å². The Hall–Kier alpha value is -1.62. The van der Waals surface area contributed by atoms with Crippen LogP contribution in [0.25, 0.3) is 0 Å². The number of aryl methyl sites for hydroxylation is 2. The second-order valence-electron chi connectivity index (χ2n) is 4.26. The smallest absolute Gasteiger partial charge is 0.251 e. The number of hydrogen-bond acceptors (Lipinski definition) is 3. The molecule has 0 bridgehead atoms. The third-order valence-corrected chi connectivity index (χ3v) is 3.22. The van der Waals surface area contributed by atoms with Gasteiger partial charge in [-0.3, -0.25) is 4.79 Å². The van der Waals surface area contributed by atoms with Gasteiger partial charge in [0, 0.05) is 29.9 Å². The lowest BCUT2D eigenvalue weighted by molar-refractivity contribution is 0.0953. The van der Waals surface area contributed by atoms with Gasteiger partial charge in [-0.15, -0.1) is 0 Å². The highest BCUT2D eigenvalue weighted by atomic mass is 79.9. The Balaban J connectivity index is 1.89. The summed E-state index contributed by atoms with van der Waals surface area (Å²) >= 11 is 3.34. The summed E-state index contributed by atoms with van der Waals surface area (Å²) in [4.78, 5) is 16.1. The number of carbonyl (C=O) groups is 1. The summed E-state index contributed by atoms with van der Waals surface area (Å²) in [6.45, 7) is 4.25. The Morgan fingerprint density at radius 3 is 2.84 bits per heavy atom. The summed E-state index contributed by atoms with van der Waals surface area (Å²) in [5.41, 5.74) is 1.52. The molecule has 0 aliphatic carbocycles. The molecule has 0 atom stereocenters. The molecule has 0 saturated carbocycles. The van der Waals surface area contributed by atoms with Crippen LogP contribution in [0.1, 0.15) is 27.7 Å². The molecule has 0 fully saturated rings. The fourth-order valence-corrected chi connectivity index (χ4v) is 2.23. The van der Waals surface area contributed by atoms with Crippen molar-refractivity contribution in [3.8, 4) is 0 Å². The molecule has 2 aromatic rings. The standard InChI is InChI=1S/C14H15BrN2O2/c1-9-13(19-10(2)17-9)6-7-16-14(18)11-4-3-5-12(15)8-11/h3-5,8H,6-7H2,1-2H3,(H,16,18). The molecule has 1 amide bonds. The van der Waals surface area contributed by atoms with Crippen molar-refractivity contribution in [1.82, 2.24) is 10.3 Å². The molecule has 0 unspecified atom stereocenters. The van der Waals surface area contributed by atoms with Crippen LogP contribution in [0.15, 0.2) is 33.2 Å². The Morgan fingerprint density at radius 2 is 2.21 bits per heavy atom. The third-order valence-electron chi connectivity index (χ3n) is 2.72. The second kappa shape index (κ2) is 6.02. The van der Waals surface area contributed by atoms with E-state index in [-0.39, 0.29) is 5.91 Å². The molecule has 0 spiro atoms. The minimum absolute atomic E-state index is 0.0878. The first-order chi connectivity index (χ1) is 9.06. The van der Waals surface area contributed by atoms with Crippen LogP contribution in [0.5, 0.6) is 0 Å². The molecule has 0 aliphatic heterocycles. The number of rotatable bonds is 4. The first-order valence-electron chi connectivity index (χ1n) is 6.03. The topological polar surface area (TPSA) is 55.1 Å². The first-order valence-corrected chi connectivity index (χ1v) is 6.82. The van der Waals surface area contributed by atoms with Crippen LogP contribution in [0.4, 0.5) is 0 Å². The van der Waals surface area contributed by atoms with E-state index < -0.39 is 0 Å². The zero-order valence-electron chi connectivity index (χ0n) is 10.9. The number of nitrogens with zero attached hydrogens (tertiary/aromatic N) is 1. The van der Waals surface area contributed by atoms with Gasteiger partial charge in [0.15, 0.2) is 5.89 Å². The molecule has 0 saturated heterocycles. The summed E-state index contributed by atoms with van der Waals surface area (Å²) in [5, 5.41) is 2.86. The monoisotopic (exact) mass is 322 g/mol. The molecule has 19 heavy (non-hydrogen) atoms. The molecule has 5 heteroatoms. The number of hydrogen-bond donors (Lipinski definition) is 1. The van der Waals surface area contributed by atoms with Gasteiger partial charge in [-0.05, 0) is 25.1 Å². The van der Waals surface area contributed by atoms with E-state index >= 15 is 0 Å². The highest BCUT2D eigenvalue weighted by molar-refractivity contribution is 9.10. The lowest BCUT2D eigenvalue weighted by Gasteiger charge is -2.04. The van der Waals surface area contributed by atoms with Crippen molar-refractivity contribution in [2.75, 3.05) is 6.54 Å². The van der Waals surface area contributed by atoms with Gasteiger partial charge >= 0.3 is 0 Å². The van der Waals surface area contributed by atoms with Crippen LogP contribution in [0, 0.1) is 13.8 Å². The molecule has 2 rings (SSSR count). The maximum absolute atomic E-state index is 11.9. The van der Waals surface area contributed by atoms with Gasteiger partial charge in [0.25, 0.3) is 5.91 Å².